The van der Waals surface area contributed by atoms with Gasteiger partial charge in [0.05, 0.1) is 11.9 Å². The zero-order valence-corrected chi connectivity index (χ0v) is 12.5. The van der Waals surface area contributed by atoms with E-state index >= 15 is 0 Å². The van der Waals surface area contributed by atoms with Gasteiger partial charge in [-0.25, -0.2) is 4.98 Å². The number of anilines is 1. The van der Waals surface area contributed by atoms with E-state index in [4.69, 9.17) is 0 Å². The molecule has 4 nitrogen and oxygen atoms in total. The number of nitrogens with zero attached hydrogens (tertiary/aromatic N) is 1. The van der Waals surface area contributed by atoms with E-state index in [2.05, 4.69) is 29.5 Å². The second kappa shape index (κ2) is 7.27. The highest BCUT2D eigenvalue weighted by molar-refractivity contribution is 5.92. The maximum absolute atomic E-state index is 12.0. The van der Waals surface area contributed by atoms with E-state index in [1.165, 1.54) is 19.3 Å². The molecule has 110 valence electrons. The van der Waals surface area contributed by atoms with Crippen molar-refractivity contribution in [3.63, 3.8) is 0 Å². The van der Waals surface area contributed by atoms with E-state index in [1.54, 1.807) is 12.3 Å². The van der Waals surface area contributed by atoms with E-state index in [1.807, 2.05) is 6.07 Å². The summed E-state index contributed by atoms with van der Waals surface area (Å²) in [4.78, 5) is 16.2. The van der Waals surface area contributed by atoms with Crippen LogP contribution >= 0.6 is 0 Å². The summed E-state index contributed by atoms with van der Waals surface area (Å²) in [5.74, 6) is 1.38. The van der Waals surface area contributed by atoms with E-state index in [0.29, 0.717) is 11.6 Å². The molecule has 1 saturated carbocycles. The molecule has 2 atom stereocenters. The molecule has 1 aromatic rings. The number of pyridine rings is 1. The second-order valence-electron chi connectivity index (χ2n) is 5.85. The van der Waals surface area contributed by atoms with Crippen LogP contribution in [0.4, 0.5) is 5.69 Å². The molecule has 0 saturated heterocycles. The Bertz CT molecular complexity index is 430. The molecule has 0 bridgehead atoms. The van der Waals surface area contributed by atoms with Gasteiger partial charge >= 0.3 is 0 Å². The number of hydrogen-bond donors (Lipinski definition) is 2. The summed E-state index contributed by atoms with van der Waals surface area (Å²) in [6.07, 6.45) is 6.54. The molecule has 1 aromatic heterocycles. The van der Waals surface area contributed by atoms with Crippen LogP contribution in [0.2, 0.25) is 0 Å². The third-order valence-electron chi connectivity index (χ3n) is 3.93. The molecule has 0 radical (unpaired) electrons. The summed E-state index contributed by atoms with van der Waals surface area (Å²) in [6.45, 7) is 6.10. The van der Waals surface area contributed by atoms with Crippen molar-refractivity contribution in [3.05, 3.63) is 24.0 Å². The quantitative estimate of drug-likeness (QED) is 0.839. The molecule has 2 unspecified atom stereocenters. The summed E-state index contributed by atoms with van der Waals surface area (Å²) in [5.41, 5.74) is 1.46. The highest BCUT2D eigenvalue weighted by Gasteiger charge is 2.21. The van der Waals surface area contributed by atoms with E-state index < -0.39 is 0 Å². The van der Waals surface area contributed by atoms with Crippen molar-refractivity contribution in [3.8, 4) is 0 Å². The predicted octanol–water partition coefficient (Wildman–Crippen LogP) is 3.07. The zero-order valence-electron chi connectivity index (χ0n) is 12.5. The van der Waals surface area contributed by atoms with Crippen molar-refractivity contribution in [2.24, 2.45) is 11.8 Å². The minimum atomic E-state index is -0.0633. The molecule has 1 aliphatic rings. The summed E-state index contributed by atoms with van der Waals surface area (Å²) < 4.78 is 0. The third kappa shape index (κ3) is 4.22. The minimum Gasteiger partial charge on any atom is -0.384 e. The molecule has 0 spiro atoms. The van der Waals surface area contributed by atoms with Gasteiger partial charge in [0.15, 0.2) is 0 Å². The van der Waals surface area contributed by atoms with Crippen LogP contribution in [0.3, 0.4) is 0 Å². The molecule has 1 fully saturated rings. The number of amides is 1. The minimum absolute atomic E-state index is 0.0633. The van der Waals surface area contributed by atoms with Crippen molar-refractivity contribution in [1.29, 1.82) is 0 Å². The van der Waals surface area contributed by atoms with Crippen LogP contribution in [0.1, 0.15) is 50.0 Å². The molecular formula is C16H25N3O. The molecule has 1 heterocycles. The first-order chi connectivity index (χ1) is 9.69. The van der Waals surface area contributed by atoms with Crippen LogP contribution in [-0.2, 0) is 0 Å². The van der Waals surface area contributed by atoms with Gasteiger partial charge in [-0.2, -0.15) is 0 Å². The van der Waals surface area contributed by atoms with E-state index in [0.717, 1.165) is 31.1 Å². The van der Waals surface area contributed by atoms with Crippen molar-refractivity contribution in [2.45, 2.75) is 39.5 Å². The lowest BCUT2D eigenvalue weighted by Gasteiger charge is -2.11. The molecule has 1 amide bonds. The standard InChI is InChI=1S/C16H25N3O/c1-3-8-17-14-6-7-15(18-11-14)16(20)19-10-13-5-4-12(2)9-13/h6-7,11-13,17H,3-5,8-10H2,1-2H3,(H,19,20). The SMILES string of the molecule is CCCNc1ccc(C(=O)NCC2CCC(C)C2)nc1. The first-order valence-corrected chi connectivity index (χ1v) is 7.67. The van der Waals surface area contributed by atoms with Crippen LogP contribution in [0.25, 0.3) is 0 Å². The number of carbonyl (C=O) groups is 1. The van der Waals surface area contributed by atoms with Gasteiger partial charge in [-0.15, -0.1) is 0 Å². The monoisotopic (exact) mass is 275 g/mol. The van der Waals surface area contributed by atoms with Gasteiger partial charge in [-0.1, -0.05) is 20.3 Å². The van der Waals surface area contributed by atoms with Crippen LogP contribution < -0.4 is 10.6 Å². The van der Waals surface area contributed by atoms with E-state index in [-0.39, 0.29) is 5.91 Å². The lowest BCUT2D eigenvalue weighted by molar-refractivity contribution is 0.0942. The van der Waals surface area contributed by atoms with Crippen molar-refractivity contribution in [2.75, 3.05) is 18.4 Å². The fourth-order valence-corrected chi connectivity index (χ4v) is 2.74. The van der Waals surface area contributed by atoms with Gasteiger partial charge in [0.2, 0.25) is 0 Å². The summed E-state index contributed by atoms with van der Waals surface area (Å²) in [7, 11) is 0. The van der Waals surface area contributed by atoms with Gasteiger partial charge in [-0.05, 0) is 43.2 Å². The Morgan fingerprint density at radius 3 is 2.85 bits per heavy atom. The fourth-order valence-electron chi connectivity index (χ4n) is 2.74. The smallest absolute Gasteiger partial charge is 0.269 e. The van der Waals surface area contributed by atoms with Crippen LogP contribution in [-0.4, -0.2) is 24.0 Å². The highest BCUT2D eigenvalue weighted by Crippen LogP contribution is 2.29. The molecule has 0 aliphatic heterocycles. The largest absolute Gasteiger partial charge is 0.384 e. The average molecular weight is 275 g/mol. The number of rotatable bonds is 6. The Hall–Kier alpha value is -1.58. The molecule has 2 N–H and O–H groups in total. The van der Waals surface area contributed by atoms with Gasteiger partial charge < -0.3 is 10.6 Å². The topological polar surface area (TPSA) is 54.0 Å². The average Bonchev–Trinajstić information content (AvgIpc) is 2.89. The Morgan fingerprint density at radius 1 is 1.40 bits per heavy atom. The Labute approximate surface area is 121 Å². The molecule has 0 aromatic carbocycles. The Balaban J connectivity index is 1.80. The molecule has 20 heavy (non-hydrogen) atoms. The molecule has 4 heteroatoms. The predicted molar refractivity (Wildman–Crippen MR) is 81.9 cm³/mol. The van der Waals surface area contributed by atoms with Gasteiger partial charge in [0.1, 0.15) is 5.69 Å². The van der Waals surface area contributed by atoms with Gasteiger partial charge in [0, 0.05) is 13.1 Å². The Morgan fingerprint density at radius 2 is 2.25 bits per heavy atom. The molecular weight excluding hydrogens is 250 g/mol. The molecule has 2 rings (SSSR count). The first kappa shape index (κ1) is 14.8. The first-order valence-electron chi connectivity index (χ1n) is 7.67. The van der Waals surface area contributed by atoms with Gasteiger partial charge in [-0.3, -0.25) is 4.79 Å². The summed E-state index contributed by atoms with van der Waals surface area (Å²) >= 11 is 0. The Kier molecular flexibility index (Phi) is 5.39. The summed E-state index contributed by atoms with van der Waals surface area (Å²) in [5, 5.41) is 6.25. The van der Waals surface area contributed by atoms with Crippen molar-refractivity contribution in [1.82, 2.24) is 10.3 Å². The van der Waals surface area contributed by atoms with E-state index in [9.17, 15) is 4.79 Å². The second-order valence-corrected chi connectivity index (χ2v) is 5.85. The number of carbonyl (C=O) groups excluding carboxylic acids is 1. The van der Waals surface area contributed by atoms with Crippen LogP contribution in [0, 0.1) is 11.8 Å². The summed E-state index contributed by atoms with van der Waals surface area (Å²) in [6, 6.07) is 3.69. The van der Waals surface area contributed by atoms with Crippen molar-refractivity contribution >= 4 is 11.6 Å². The van der Waals surface area contributed by atoms with Gasteiger partial charge in [0.25, 0.3) is 5.91 Å². The molecule has 1 aliphatic carbocycles. The van der Waals surface area contributed by atoms with Crippen LogP contribution in [0.15, 0.2) is 18.3 Å². The van der Waals surface area contributed by atoms with Crippen LogP contribution in [0.5, 0.6) is 0 Å². The lowest BCUT2D eigenvalue weighted by atomic mass is 10.1. The zero-order chi connectivity index (χ0) is 14.4. The lowest BCUT2D eigenvalue weighted by Crippen LogP contribution is -2.29. The number of aromatic nitrogens is 1. The highest BCUT2D eigenvalue weighted by atomic mass is 16.1. The third-order valence-corrected chi connectivity index (χ3v) is 3.93. The fraction of sp³-hybridized carbons (Fsp3) is 0.625. The van der Waals surface area contributed by atoms with Crippen molar-refractivity contribution < 1.29 is 4.79 Å². The maximum Gasteiger partial charge on any atom is 0.269 e. The normalized spacial score (nSPS) is 21.7. The maximum atomic E-state index is 12.0. The number of nitrogens with one attached hydrogen (secondary N) is 2. The number of hydrogen-bond acceptors (Lipinski definition) is 3.